The van der Waals surface area contributed by atoms with E-state index in [1.54, 1.807) is 30.6 Å². The van der Waals surface area contributed by atoms with Crippen molar-refractivity contribution in [1.29, 1.82) is 0 Å². The number of nitrogens with zero attached hydrogens (tertiary/aromatic N) is 3. The summed E-state index contributed by atoms with van der Waals surface area (Å²) in [5, 5.41) is 7.43. The minimum Gasteiger partial charge on any atom is -0.226 e. The van der Waals surface area contributed by atoms with Crippen molar-refractivity contribution in [3.63, 3.8) is 0 Å². The number of rotatable bonds is 0. The molecule has 0 amide bonds. The second kappa shape index (κ2) is 3.79. The average Bonchev–Trinajstić information content (AvgIpc) is 2.02. The van der Waals surface area contributed by atoms with Gasteiger partial charge in [-0.25, -0.2) is 4.99 Å². The molecular weight excluding hydrogens is 146 g/mol. The van der Waals surface area contributed by atoms with Crippen molar-refractivity contribution >= 4 is 23.5 Å². The summed E-state index contributed by atoms with van der Waals surface area (Å²) in [5.41, 5.74) is 0. The van der Waals surface area contributed by atoms with Crippen LogP contribution < -0.4 is 0 Å². The van der Waals surface area contributed by atoms with E-state index in [1.165, 1.54) is 0 Å². The van der Waals surface area contributed by atoms with Crippen molar-refractivity contribution in [3.8, 4) is 0 Å². The van der Waals surface area contributed by atoms with Crippen LogP contribution in [-0.4, -0.2) is 11.3 Å². The third-order valence-electron chi connectivity index (χ3n) is 0.789. The standard InChI is InChI=1S/C6H5N3S/c10-6-7-4-2-1-3-5-8-9-6/h1-5H/b2-1-,5-3+,7-4+,9-8-. The SMILES string of the molecule is S=C1\N=N/C=C/C=C\C=N\1. The molecule has 3 nitrogen and oxygen atoms in total. The third kappa shape index (κ3) is 2.41. The quantitative estimate of drug-likeness (QED) is 0.487. The molecule has 0 aliphatic carbocycles. The largest absolute Gasteiger partial charge is 0.239 e. The molecule has 0 radical (unpaired) electrons. The van der Waals surface area contributed by atoms with Crippen molar-refractivity contribution in [3.05, 3.63) is 24.4 Å². The number of hydrogen-bond donors (Lipinski definition) is 0. The Kier molecular flexibility index (Phi) is 2.63. The molecular formula is C6H5N3S. The van der Waals surface area contributed by atoms with E-state index in [1.807, 2.05) is 0 Å². The van der Waals surface area contributed by atoms with Gasteiger partial charge in [0.25, 0.3) is 0 Å². The molecule has 0 saturated heterocycles. The van der Waals surface area contributed by atoms with Crippen LogP contribution in [0.25, 0.3) is 0 Å². The zero-order valence-corrected chi connectivity index (χ0v) is 5.95. The Hall–Kier alpha value is -1.16. The van der Waals surface area contributed by atoms with Gasteiger partial charge in [-0.15, -0.1) is 5.11 Å². The van der Waals surface area contributed by atoms with Gasteiger partial charge in [-0.2, -0.15) is 5.11 Å². The van der Waals surface area contributed by atoms with Crippen LogP contribution in [0, 0.1) is 0 Å². The van der Waals surface area contributed by atoms with Crippen LogP contribution in [0.1, 0.15) is 0 Å². The van der Waals surface area contributed by atoms with Crippen molar-refractivity contribution in [2.24, 2.45) is 15.2 Å². The van der Waals surface area contributed by atoms with Crippen LogP contribution in [0.15, 0.2) is 39.6 Å². The van der Waals surface area contributed by atoms with Gasteiger partial charge in [0.05, 0.1) is 0 Å². The summed E-state index contributed by atoms with van der Waals surface area (Å²) < 4.78 is 0. The van der Waals surface area contributed by atoms with E-state index in [-0.39, 0.29) is 5.11 Å². The summed E-state index contributed by atoms with van der Waals surface area (Å²) in [4.78, 5) is 3.76. The molecule has 1 aliphatic rings. The van der Waals surface area contributed by atoms with Crippen LogP contribution in [-0.2, 0) is 0 Å². The van der Waals surface area contributed by atoms with Crippen molar-refractivity contribution in [2.45, 2.75) is 0 Å². The molecule has 0 N–H and O–H groups in total. The highest BCUT2D eigenvalue weighted by Crippen LogP contribution is 1.89. The molecule has 0 fully saturated rings. The number of aliphatic imine (C=N–C) groups is 1. The van der Waals surface area contributed by atoms with Gasteiger partial charge in [-0.1, -0.05) is 6.08 Å². The Labute approximate surface area is 63.9 Å². The molecule has 0 atom stereocenters. The number of allylic oxidation sites excluding steroid dienone is 3. The first-order chi connectivity index (χ1) is 4.89. The summed E-state index contributed by atoms with van der Waals surface area (Å²) in [6.07, 6.45) is 8.45. The number of azo groups is 1. The van der Waals surface area contributed by atoms with Gasteiger partial charge >= 0.3 is 0 Å². The summed E-state index contributed by atoms with van der Waals surface area (Å²) >= 11 is 4.69. The highest BCUT2D eigenvalue weighted by molar-refractivity contribution is 7.80. The molecule has 0 spiro atoms. The molecule has 50 valence electrons. The topological polar surface area (TPSA) is 37.1 Å². The second-order valence-electron chi connectivity index (χ2n) is 1.50. The van der Waals surface area contributed by atoms with Gasteiger partial charge in [-0.3, -0.25) is 0 Å². The van der Waals surface area contributed by atoms with E-state index in [0.29, 0.717) is 0 Å². The molecule has 4 heteroatoms. The van der Waals surface area contributed by atoms with Crippen molar-refractivity contribution in [2.75, 3.05) is 0 Å². The van der Waals surface area contributed by atoms with E-state index in [2.05, 4.69) is 27.4 Å². The molecule has 1 aliphatic heterocycles. The monoisotopic (exact) mass is 151 g/mol. The maximum absolute atomic E-state index is 4.69. The second-order valence-corrected chi connectivity index (χ2v) is 1.87. The normalized spacial score (nSPS) is 29.4. The molecule has 0 aromatic rings. The fraction of sp³-hybridized carbons (Fsp3) is 0. The van der Waals surface area contributed by atoms with Crippen LogP contribution in [0.4, 0.5) is 0 Å². The summed E-state index contributed by atoms with van der Waals surface area (Å²) in [6, 6.07) is 0. The maximum Gasteiger partial charge on any atom is 0.239 e. The Morgan fingerprint density at radius 2 is 2.10 bits per heavy atom. The predicted octanol–water partition coefficient (Wildman–Crippen LogP) is 1.88. The summed E-state index contributed by atoms with van der Waals surface area (Å²) in [7, 11) is 0. The predicted molar refractivity (Wildman–Crippen MR) is 44.2 cm³/mol. The Morgan fingerprint density at radius 1 is 1.20 bits per heavy atom. The smallest absolute Gasteiger partial charge is 0.226 e. The first-order valence-electron chi connectivity index (χ1n) is 2.70. The molecule has 10 heavy (non-hydrogen) atoms. The lowest BCUT2D eigenvalue weighted by Gasteiger charge is -1.78. The fourth-order valence-electron chi connectivity index (χ4n) is 0.417. The third-order valence-corrected chi connectivity index (χ3v) is 0.976. The van der Waals surface area contributed by atoms with Crippen LogP contribution in [0.3, 0.4) is 0 Å². The van der Waals surface area contributed by atoms with E-state index < -0.39 is 0 Å². The van der Waals surface area contributed by atoms with E-state index >= 15 is 0 Å². The molecule has 0 aromatic carbocycles. The maximum atomic E-state index is 4.69. The van der Waals surface area contributed by atoms with Crippen LogP contribution in [0.5, 0.6) is 0 Å². The number of thiocarbonyl (C=S) groups is 1. The van der Waals surface area contributed by atoms with Gasteiger partial charge in [0.15, 0.2) is 0 Å². The minimum atomic E-state index is 0.246. The van der Waals surface area contributed by atoms with E-state index in [9.17, 15) is 0 Å². The molecule has 1 heterocycles. The average molecular weight is 151 g/mol. The van der Waals surface area contributed by atoms with Crippen molar-refractivity contribution in [1.82, 2.24) is 0 Å². The van der Waals surface area contributed by atoms with Gasteiger partial charge < -0.3 is 0 Å². The zero-order chi connectivity index (χ0) is 7.23. The Morgan fingerprint density at radius 3 is 3.00 bits per heavy atom. The Bertz CT molecular complexity index is 213. The first kappa shape index (κ1) is 6.95. The molecule has 1 rings (SSSR count). The Balaban J connectivity index is 2.80. The first-order valence-corrected chi connectivity index (χ1v) is 3.11. The lowest BCUT2D eigenvalue weighted by molar-refractivity contribution is 1.28. The summed E-state index contributed by atoms with van der Waals surface area (Å²) in [6.45, 7) is 0. The van der Waals surface area contributed by atoms with Crippen LogP contribution >= 0.6 is 12.2 Å². The highest BCUT2D eigenvalue weighted by atomic mass is 32.1. The molecule has 0 saturated carbocycles. The fourth-order valence-corrected chi connectivity index (χ4v) is 0.525. The van der Waals surface area contributed by atoms with Gasteiger partial charge in [0.2, 0.25) is 5.11 Å². The molecule has 0 unspecified atom stereocenters. The lowest BCUT2D eigenvalue weighted by Crippen LogP contribution is -1.79. The van der Waals surface area contributed by atoms with Gasteiger partial charge in [0.1, 0.15) is 0 Å². The zero-order valence-electron chi connectivity index (χ0n) is 5.14. The van der Waals surface area contributed by atoms with E-state index in [4.69, 9.17) is 0 Å². The van der Waals surface area contributed by atoms with Gasteiger partial charge in [0, 0.05) is 12.4 Å². The summed E-state index contributed by atoms with van der Waals surface area (Å²) in [5.74, 6) is 0. The minimum absolute atomic E-state index is 0.246. The number of hydrogen-bond acceptors (Lipinski definition) is 2. The van der Waals surface area contributed by atoms with Crippen LogP contribution in [0.2, 0.25) is 0 Å². The molecule has 0 aromatic heterocycles. The molecule has 0 bridgehead atoms. The highest BCUT2D eigenvalue weighted by Gasteiger charge is 1.83. The van der Waals surface area contributed by atoms with E-state index in [0.717, 1.165) is 0 Å². The van der Waals surface area contributed by atoms with Crippen molar-refractivity contribution < 1.29 is 0 Å². The van der Waals surface area contributed by atoms with Gasteiger partial charge in [-0.05, 0) is 24.4 Å². The lowest BCUT2D eigenvalue weighted by atomic mass is 10.5.